The third-order valence-corrected chi connectivity index (χ3v) is 5.71. The molecule has 0 spiro atoms. The number of hydrogen-bond donors (Lipinski definition) is 1. The van der Waals surface area contributed by atoms with Crippen LogP contribution in [0, 0.1) is 6.92 Å². The predicted molar refractivity (Wildman–Crippen MR) is 84.0 cm³/mol. The minimum absolute atomic E-state index is 0.0201. The lowest BCUT2D eigenvalue weighted by Crippen LogP contribution is -2.37. The smallest absolute Gasteiger partial charge is 0.259 e. The third kappa shape index (κ3) is 2.72. The summed E-state index contributed by atoms with van der Waals surface area (Å²) in [4.78, 5) is 14.2. The van der Waals surface area contributed by atoms with Gasteiger partial charge in [0.25, 0.3) is 5.91 Å². The number of anilines is 1. The Labute approximate surface area is 132 Å². The zero-order valence-electron chi connectivity index (χ0n) is 11.8. The lowest BCUT2D eigenvalue weighted by atomic mass is 10.1. The Bertz CT molecular complexity index is 842. The molecule has 0 bridgehead atoms. The monoisotopic (exact) mass is 338 g/mol. The number of rotatable bonds is 2. The van der Waals surface area contributed by atoms with Gasteiger partial charge in [0.1, 0.15) is 16.6 Å². The van der Waals surface area contributed by atoms with Crippen LogP contribution in [0.5, 0.6) is 5.75 Å². The second-order valence-electron chi connectivity index (χ2n) is 4.98. The van der Waals surface area contributed by atoms with Gasteiger partial charge in [-0.3, -0.25) is 4.79 Å². The highest BCUT2D eigenvalue weighted by Gasteiger charge is 2.26. The van der Waals surface area contributed by atoms with Gasteiger partial charge in [-0.1, -0.05) is 6.07 Å². The summed E-state index contributed by atoms with van der Waals surface area (Å²) in [6.07, 6.45) is 0. The molecular weight excluding hydrogens is 324 g/mol. The number of sulfonamides is 1. The number of amides is 1. The Hall–Kier alpha value is -1.90. The van der Waals surface area contributed by atoms with Crippen LogP contribution >= 0.6 is 11.3 Å². The summed E-state index contributed by atoms with van der Waals surface area (Å²) in [7, 11) is -3.79. The van der Waals surface area contributed by atoms with Crippen LogP contribution in [0.3, 0.4) is 0 Å². The molecule has 116 valence electrons. The van der Waals surface area contributed by atoms with Crippen molar-refractivity contribution >= 4 is 33.0 Å². The zero-order valence-corrected chi connectivity index (χ0v) is 13.4. The maximum Gasteiger partial charge on any atom is 0.259 e. The Morgan fingerprint density at radius 1 is 1.36 bits per heavy atom. The van der Waals surface area contributed by atoms with Gasteiger partial charge >= 0.3 is 0 Å². The average Bonchev–Trinajstić information content (AvgIpc) is 2.95. The van der Waals surface area contributed by atoms with E-state index in [0.29, 0.717) is 30.2 Å². The largest absolute Gasteiger partial charge is 0.490 e. The van der Waals surface area contributed by atoms with Crippen LogP contribution in [0.25, 0.3) is 0 Å². The third-order valence-electron chi connectivity index (χ3n) is 3.33. The van der Waals surface area contributed by atoms with Gasteiger partial charge in [0.2, 0.25) is 10.0 Å². The van der Waals surface area contributed by atoms with Gasteiger partial charge in [-0.2, -0.15) is 0 Å². The van der Waals surface area contributed by atoms with Crippen LogP contribution in [0.4, 0.5) is 5.69 Å². The Morgan fingerprint density at radius 3 is 2.82 bits per heavy atom. The van der Waals surface area contributed by atoms with Crippen molar-refractivity contribution in [1.29, 1.82) is 0 Å². The molecular formula is C14H14N2O4S2. The summed E-state index contributed by atoms with van der Waals surface area (Å²) < 4.78 is 28.2. The van der Waals surface area contributed by atoms with E-state index in [9.17, 15) is 13.2 Å². The maximum absolute atomic E-state index is 12.6. The van der Waals surface area contributed by atoms with Gasteiger partial charge < -0.3 is 9.64 Å². The number of fused-ring (bicyclic) bond motifs is 1. The topological polar surface area (TPSA) is 89.7 Å². The maximum atomic E-state index is 12.6. The highest BCUT2D eigenvalue weighted by molar-refractivity contribution is 7.91. The first-order chi connectivity index (χ1) is 10.4. The predicted octanol–water partition coefficient (Wildman–Crippen LogP) is 1.74. The summed E-state index contributed by atoms with van der Waals surface area (Å²) in [6, 6.07) is 6.91. The molecule has 0 aliphatic carbocycles. The van der Waals surface area contributed by atoms with E-state index in [4.69, 9.17) is 9.88 Å². The molecule has 2 heterocycles. The average molecular weight is 338 g/mol. The quantitative estimate of drug-likeness (QED) is 0.903. The van der Waals surface area contributed by atoms with Crippen LogP contribution in [0.2, 0.25) is 0 Å². The van der Waals surface area contributed by atoms with Crippen LogP contribution in [0.15, 0.2) is 33.9 Å². The highest BCUT2D eigenvalue weighted by atomic mass is 32.2. The van der Waals surface area contributed by atoms with Crippen molar-refractivity contribution in [1.82, 2.24) is 0 Å². The van der Waals surface area contributed by atoms with Gasteiger partial charge in [-0.15, -0.1) is 11.3 Å². The highest BCUT2D eigenvalue weighted by Crippen LogP contribution is 2.33. The van der Waals surface area contributed by atoms with Gasteiger partial charge in [0.15, 0.2) is 0 Å². The molecule has 1 aromatic heterocycles. The molecule has 6 nitrogen and oxygen atoms in total. The van der Waals surface area contributed by atoms with Crippen molar-refractivity contribution in [3.05, 3.63) is 40.8 Å². The molecule has 8 heteroatoms. The number of thiophene rings is 1. The van der Waals surface area contributed by atoms with Gasteiger partial charge in [-0.25, -0.2) is 13.6 Å². The lowest BCUT2D eigenvalue weighted by Gasteiger charge is -2.29. The van der Waals surface area contributed by atoms with Crippen molar-refractivity contribution in [2.24, 2.45) is 5.14 Å². The fraction of sp³-hybridized carbons (Fsp3) is 0.214. The van der Waals surface area contributed by atoms with Gasteiger partial charge in [0.05, 0.1) is 17.8 Å². The minimum Gasteiger partial charge on any atom is -0.490 e. The Morgan fingerprint density at radius 2 is 2.14 bits per heavy atom. The van der Waals surface area contributed by atoms with E-state index < -0.39 is 10.0 Å². The second kappa shape index (κ2) is 5.38. The summed E-state index contributed by atoms with van der Waals surface area (Å²) in [6.45, 7) is 2.76. The van der Waals surface area contributed by atoms with Crippen molar-refractivity contribution in [3.8, 4) is 5.75 Å². The molecule has 0 fully saturated rings. The molecule has 0 radical (unpaired) electrons. The van der Waals surface area contributed by atoms with Crippen LogP contribution in [0.1, 0.15) is 15.9 Å². The van der Waals surface area contributed by atoms with Crippen LogP contribution < -0.4 is 14.8 Å². The molecule has 1 aromatic carbocycles. The van der Waals surface area contributed by atoms with E-state index in [-0.39, 0.29) is 10.1 Å². The first kappa shape index (κ1) is 15.0. The van der Waals surface area contributed by atoms with Crippen molar-refractivity contribution < 1.29 is 17.9 Å². The van der Waals surface area contributed by atoms with Gasteiger partial charge in [0, 0.05) is 5.38 Å². The van der Waals surface area contributed by atoms with E-state index in [1.54, 1.807) is 4.90 Å². The van der Waals surface area contributed by atoms with Crippen molar-refractivity contribution in [3.63, 3.8) is 0 Å². The summed E-state index contributed by atoms with van der Waals surface area (Å²) in [5.41, 5.74) is 2.03. The number of nitrogens with zero attached hydrogens (tertiary/aromatic N) is 1. The standard InChI is InChI=1S/C14H14N2O4S2/c1-9-2-3-11-12(6-9)20-5-4-16(11)14(17)10-7-13(21-8-10)22(15,18)19/h2-3,6-8H,4-5H2,1H3,(H2,15,18,19). The Kier molecular flexibility index (Phi) is 3.67. The van der Waals surface area contributed by atoms with Crippen LogP contribution in [-0.2, 0) is 10.0 Å². The normalized spacial score (nSPS) is 14.4. The molecule has 0 unspecified atom stereocenters. The molecule has 1 amide bonds. The number of carbonyl (C=O) groups is 1. The SMILES string of the molecule is Cc1ccc2c(c1)OCCN2C(=O)c1csc(S(N)(=O)=O)c1. The fourth-order valence-corrected chi connectivity index (χ4v) is 3.85. The summed E-state index contributed by atoms with van der Waals surface area (Å²) >= 11 is 0.941. The van der Waals surface area contributed by atoms with E-state index in [1.807, 2.05) is 25.1 Å². The number of carbonyl (C=O) groups excluding carboxylic acids is 1. The molecule has 1 aliphatic rings. The van der Waals surface area contributed by atoms with Crippen molar-refractivity contribution in [2.75, 3.05) is 18.1 Å². The molecule has 1 aliphatic heterocycles. The first-order valence-electron chi connectivity index (χ1n) is 6.53. The zero-order chi connectivity index (χ0) is 15.9. The first-order valence-corrected chi connectivity index (χ1v) is 8.95. The minimum atomic E-state index is -3.79. The molecule has 2 N–H and O–H groups in total. The molecule has 0 saturated heterocycles. The van der Waals surface area contributed by atoms with E-state index >= 15 is 0 Å². The number of aryl methyl sites for hydroxylation is 1. The number of nitrogens with two attached hydrogens (primary N) is 1. The molecule has 22 heavy (non-hydrogen) atoms. The van der Waals surface area contributed by atoms with Crippen LogP contribution in [-0.4, -0.2) is 27.5 Å². The lowest BCUT2D eigenvalue weighted by molar-refractivity contribution is 0.0977. The van der Waals surface area contributed by atoms with E-state index in [0.717, 1.165) is 16.9 Å². The Balaban J connectivity index is 1.96. The van der Waals surface area contributed by atoms with Crippen molar-refractivity contribution in [2.45, 2.75) is 11.1 Å². The van der Waals surface area contributed by atoms with E-state index in [1.165, 1.54) is 11.4 Å². The number of ether oxygens (including phenoxy) is 1. The fourth-order valence-electron chi connectivity index (χ4n) is 2.27. The molecule has 2 aromatic rings. The molecule has 0 atom stereocenters. The number of benzene rings is 1. The molecule has 3 rings (SSSR count). The van der Waals surface area contributed by atoms with Gasteiger partial charge in [-0.05, 0) is 30.7 Å². The number of hydrogen-bond acceptors (Lipinski definition) is 5. The number of primary sulfonamides is 1. The molecule has 0 saturated carbocycles. The second-order valence-corrected chi connectivity index (χ2v) is 7.68. The summed E-state index contributed by atoms with van der Waals surface area (Å²) in [5.74, 6) is 0.390. The summed E-state index contributed by atoms with van der Waals surface area (Å²) in [5, 5.41) is 6.58. The van der Waals surface area contributed by atoms with E-state index in [2.05, 4.69) is 0 Å².